The second kappa shape index (κ2) is 8.73. The standard InChI is InChI=1S/C12H29NO4Si2/c1-7-10-16-19(6,15-2)11-8-9-13-12(14)17-18(3,4)5/h7-11H2,1-6H3,(H,13,14). The monoisotopic (exact) mass is 307 g/mol. The molecule has 0 aliphatic heterocycles. The summed E-state index contributed by atoms with van der Waals surface area (Å²) in [6, 6.07) is 0.872. The van der Waals surface area contributed by atoms with Gasteiger partial charge in [-0.2, -0.15) is 0 Å². The van der Waals surface area contributed by atoms with Crippen molar-refractivity contribution in [1.82, 2.24) is 5.32 Å². The highest BCUT2D eigenvalue weighted by Crippen LogP contribution is 2.14. The number of rotatable bonds is 9. The molecule has 0 bridgehead atoms. The predicted molar refractivity (Wildman–Crippen MR) is 82.1 cm³/mol. The predicted octanol–water partition coefficient (Wildman–Crippen LogP) is 3.08. The first kappa shape index (κ1) is 18.6. The second-order valence-corrected chi connectivity index (χ2v) is 13.6. The first-order valence-corrected chi connectivity index (χ1v) is 12.8. The number of hydrogen-bond acceptors (Lipinski definition) is 4. The van der Waals surface area contributed by atoms with Gasteiger partial charge in [0.1, 0.15) is 0 Å². The second-order valence-electron chi connectivity index (χ2n) is 5.72. The zero-order valence-electron chi connectivity index (χ0n) is 13.2. The van der Waals surface area contributed by atoms with E-state index in [2.05, 4.69) is 18.8 Å². The Kier molecular flexibility index (Phi) is 8.55. The van der Waals surface area contributed by atoms with Crippen molar-refractivity contribution in [3.8, 4) is 0 Å². The van der Waals surface area contributed by atoms with Crippen LogP contribution in [0.1, 0.15) is 19.8 Å². The van der Waals surface area contributed by atoms with Crippen LogP contribution in [0.3, 0.4) is 0 Å². The Morgan fingerprint density at radius 3 is 2.32 bits per heavy atom. The Labute approximate surface area is 119 Å². The van der Waals surface area contributed by atoms with Crippen molar-refractivity contribution < 1.29 is 18.1 Å². The maximum Gasteiger partial charge on any atom is 0.393 e. The number of carbonyl (C=O) groups is 1. The fourth-order valence-corrected chi connectivity index (χ4v) is 4.01. The molecular weight excluding hydrogens is 278 g/mol. The third-order valence-electron chi connectivity index (χ3n) is 2.52. The van der Waals surface area contributed by atoms with Crippen LogP contribution in [0.5, 0.6) is 0 Å². The van der Waals surface area contributed by atoms with Crippen LogP contribution in [0.4, 0.5) is 4.79 Å². The van der Waals surface area contributed by atoms with E-state index in [-0.39, 0.29) is 6.09 Å². The molecule has 0 aromatic carbocycles. The van der Waals surface area contributed by atoms with E-state index in [9.17, 15) is 4.79 Å². The lowest BCUT2D eigenvalue weighted by molar-refractivity contribution is 0.196. The molecule has 0 aliphatic carbocycles. The largest absolute Gasteiger partial charge is 0.504 e. The highest BCUT2D eigenvalue weighted by Gasteiger charge is 2.29. The summed E-state index contributed by atoms with van der Waals surface area (Å²) in [4.78, 5) is 11.5. The summed E-state index contributed by atoms with van der Waals surface area (Å²) in [6.07, 6.45) is 1.53. The van der Waals surface area contributed by atoms with Crippen LogP contribution >= 0.6 is 0 Å². The van der Waals surface area contributed by atoms with Crippen molar-refractivity contribution in [2.45, 2.75) is 52.0 Å². The van der Waals surface area contributed by atoms with Gasteiger partial charge in [0, 0.05) is 20.3 Å². The van der Waals surface area contributed by atoms with E-state index < -0.39 is 16.9 Å². The molecule has 0 aromatic rings. The molecule has 7 heteroatoms. The van der Waals surface area contributed by atoms with Crippen molar-refractivity contribution in [2.75, 3.05) is 20.3 Å². The summed E-state index contributed by atoms with van der Waals surface area (Å²) in [7, 11) is -2.14. The molecule has 1 N–H and O–H groups in total. The van der Waals surface area contributed by atoms with Crippen molar-refractivity contribution in [1.29, 1.82) is 0 Å². The molecule has 19 heavy (non-hydrogen) atoms. The van der Waals surface area contributed by atoms with Gasteiger partial charge in [0.15, 0.2) is 0 Å². The SMILES string of the molecule is CCCO[Si](C)(CCCNC(=O)O[Si](C)(C)C)OC. The van der Waals surface area contributed by atoms with Crippen LogP contribution in [-0.2, 0) is 13.3 Å². The molecule has 0 rings (SSSR count). The molecule has 0 aliphatic rings. The van der Waals surface area contributed by atoms with E-state index >= 15 is 0 Å². The van der Waals surface area contributed by atoms with Crippen LogP contribution < -0.4 is 5.32 Å². The maximum absolute atomic E-state index is 11.5. The molecule has 1 amide bonds. The number of carbonyl (C=O) groups excluding carboxylic acids is 1. The van der Waals surface area contributed by atoms with Gasteiger partial charge in [-0.25, -0.2) is 4.79 Å². The zero-order valence-corrected chi connectivity index (χ0v) is 15.2. The summed E-state index contributed by atoms with van der Waals surface area (Å²) >= 11 is 0. The van der Waals surface area contributed by atoms with Gasteiger partial charge in [0.25, 0.3) is 0 Å². The third kappa shape index (κ3) is 10.1. The minimum absolute atomic E-state index is 0.311. The Hall–Kier alpha value is -0.376. The molecule has 0 fully saturated rings. The van der Waals surface area contributed by atoms with Gasteiger partial charge in [-0.1, -0.05) is 6.92 Å². The molecule has 0 heterocycles. The van der Waals surface area contributed by atoms with Crippen LogP contribution in [0.2, 0.25) is 32.2 Å². The Bertz CT molecular complexity index is 271. The fraction of sp³-hybridized carbons (Fsp3) is 0.917. The van der Waals surface area contributed by atoms with Gasteiger partial charge in [0.2, 0.25) is 8.32 Å². The van der Waals surface area contributed by atoms with E-state index in [1.165, 1.54) is 0 Å². The van der Waals surface area contributed by atoms with Crippen molar-refractivity contribution in [2.24, 2.45) is 0 Å². The average Bonchev–Trinajstić information content (AvgIpc) is 2.30. The lowest BCUT2D eigenvalue weighted by atomic mass is 10.5. The molecule has 0 radical (unpaired) electrons. The Balaban J connectivity index is 3.86. The molecule has 1 unspecified atom stereocenters. The van der Waals surface area contributed by atoms with Gasteiger partial charge < -0.3 is 18.6 Å². The van der Waals surface area contributed by atoms with E-state index in [0.717, 1.165) is 25.5 Å². The smallest absolute Gasteiger partial charge is 0.393 e. The van der Waals surface area contributed by atoms with Crippen molar-refractivity contribution in [3.63, 3.8) is 0 Å². The molecule has 5 nitrogen and oxygen atoms in total. The first-order chi connectivity index (χ1) is 8.72. The van der Waals surface area contributed by atoms with E-state index in [0.29, 0.717) is 6.54 Å². The topological polar surface area (TPSA) is 56.8 Å². The Morgan fingerprint density at radius 2 is 1.84 bits per heavy atom. The zero-order chi connectivity index (χ0) is 14.9. The van der Waals surface area contributed by atoms with Crippen molar-refractivity contribution in [3.05, 3.63) is 0 Å². The molecule has 0 spiro atoms. The quantitative estimate of drug-likeness (QED) is 0.525. The highest BCUT2D eigenvalue weighted by molar-refractivity contribution is 6.71. The average molecular weight is 308 g/mol. The van der Waals surface area contributed by atoms with Crippen LogP contribution in [0.15, 0.2) is 0 Å². The van der Waals surface area contributed by atoms with E-state index in [4.69, 9.17) is 13.3 Å². The van der Waals surface area contributed by atoms with Crippen LogP contribution in [0.25, 0.3) is 0 Å². The number of nitrogens with one attached hydrogen (secondary N) is 1. The summed E-state index contributed by atoms with van der Waals surface area (Å²) < 4.78 is 16.6. The van der Waals surface area contributed by atoms with Crippen molar-refractivity contribution >= 4 is 23.0 Å². The summed E-state index contributed by atoms with van der Waals surface area (Å²) in [5.74, 6) is 0. The van der Waals surface area contributed by atoms with Gasteiger partial charge in [-0.05, 0) is 45.1 Å². The fourth-order valence-electron chi connectivity index (χ4n) is 1.47. The van der Waals surface area contributed by atoms with E-state index in [1.807, 2.05) is 19.6 Å². The van der Waals surface area contributed by atoms with E-state index in [1.54, 1.807) is 7.11 Å². The summed E-state index contributed by atoms with van der Waals surface area (Å²) in [6.45, 7) is 11.4. The molecule has 0 saturated carbocycles. The van der Waals surface area contributed by atoms with Gasteiger partial charge in [-0.15, -0.1) is 0 Å². The molecule has 114 valence electrons. The van der Waals surface area contributed by atoms with Gasteiger partial charge in [0.05, 0.1) is 0 Å². The number of amides is 1. The third-order valence-corrected chi connectivity index (χ3v) is 6.26. The Morgan fingerprint density at radius 1 is 1.21 bits per heavy atom. The van der Waals surface area contributed by atoms with Gasteiger partial charge in [-0.3, -0.25) is 0 Å². The summed E-state index contributed by atoms with van der Waals surface area (Å²) in [5, 5.41) is 2.78. The van der Waals surface area contributed by atoms with Crippen LogP contribution in [0, 0.1) is 0 Å². The van der Waals surface area contributed by atoms with Gasteiger partial charge >= 0.3 is 14.7 Å². The molecule has 0 aromatic heterocycles. The first-order valence-electron chi connectivity index (χ1n) is 6.88. The lowest BCUT2D eigenvalue weighted by Crippen LogP contribution is -2.39. The molecular formula is C12H29NO4Si2. The maximum atomic E-state index is 11.5. The normalized spacial score (nSPS) is 14.8. The summed E-state index contributed by atoms with van der Waals surface area (Å²) in [5.41, 5.74) is 0. The highest BCUT2D eigenvalue weighted by atomic mass is 28.4. The minimum Gasteiger partial charge on any atom is -0.504 e. The molecule has 0 saturated heterocycles. The lowest BCUT2D eigenvalue weighted by Gasteiger charge is -2.25. The number of hydrogen-bond donors (Lipinski definition) is 1. The van der Waals surface area contributed by atoms with Crippen LogP contribution in [-0.4, -0.2) is 43.2 Å². The minimum atomic E-state index is -2.05. The molecule has 1 atom stereocenters.